The molecule has 3 N–H and O–H groups in total. The van der Waals surface area contributed by atoms with E-state index < -0.39 is 10.0 Å². The van der Waals surface area contributed by atoms with Gasteiger partial charge in [-0.2, -0.15) is 0 Å². The first-order valence-corrected chi connectivity index (χ1v) is 9.44. The van der Waals surface area contributed by atoms with E-state index in [1.807, 2.05) is 36.2 Å². The van der Waals surface area contributed by atoms with Gasteiger partial charge in [-0.3, -0.25) is 9.69 Å². The number of nitrogens with one attached hydrogen (secondary N) is 1. The lowest BCUT2D eigenvalue weighted by atomic mass is 10.2. The Morgan fingerprint density at radius 1 is 1.17 bits per heavy atom. The fraction of sp³-hybridized carbons (Fsp3) is 0.188. The molecular weight excluding hydrogens is 394 g/mol. The molecule has 2 rings (SSSR count). The fourth-order valence-electron chi connectivity index (χ4n) is 2.15. The number of primary sulfonamides is 1. The van der Waals surface area contributed by atoms with Crippen LogP contribution < -0.4 is 10.5 Å². The molecule has 1 amide bonds. The zero-order valence-electron chi connectivity index (χ0n) is 13.1. The minimum absolute atomic E-state index is 0.00606. The smallest absolute Gasteiger partial charge is 0.238 e. The van der Waals surface area contributed by atoms with Crippen LogP contribution in [0.1, 0.15) is 5.56 Å². The molecule has 0 radical (unpaired) electrons. The summed E-state index contributed by atoms with van der Waals surface area (Å²) in [4.78, 5) is 14.0. The Hall–Kier alpha value is -1.74. The molecule has 0 aliphatic rings. The van der Waals surface area contributed by atoms with E-state index >= 15 is 0 Å². The van der Waals surface area contributed by atoms with Gasteiger partial charge in [0.25, 0.3) is 0 Å². The maximum Gasteiger partial charge on any atom is 0.238 e. The molecule has 0 fully saturated rings. The van der Waals surface area contributed by atoms with Gasteiger partial charge in [0.15, 0.2) is 0 Å². The predicted octanol–water partition coefficient (Wildman–Crippen LogP) is 2.17. The van der Waals surface area contributed by atoms with Crippen LogP contribution in [0.5, 0.6) is 0 Å². The topological polar surface area (TPSA) is 92.5 Å². The molecule has 0 saturated heterocycles. The molecule has 0 aliphatic carbocycles. The van der Waals surface area contributed by atoms with Crippen molar-refractivity contribution in [2.45, 2.75) is 11.4 Å². The Labute approximate surface area is 149 Å². The van der Waals surface area contributed by atoms with E-state index in [0.29, 0.717) is 12.2 Å². The first-order chi connectivity index (χ1) is 11.3. The average Bonchev–Trinajstić information content (AvgIpc) is 2.49. The normalized spacial score (nSPS) is 11.5. The molecule has 0 spiro atoms. The second kappa shape index (κ2) is 7.89. The van der Waals surface area contributed by atoms with Crippen LogP contribution in [0, 0.1) is 0 Å². The third kappa shape index (κ3) is 5.41. The number of anilines is 1. The van der Waals surface area contributed by atoms with Crippen molar-refractivity contribution >= 4 is 37.5 Å². The maximum atomic E-state index is 12.1. The van der Waals surface area contributed by atoms with Gasteiger partial charge in [-0.25, -0.2) is 13.6 Å². The second-order valence-corrected chi connectivity index (χ2v) is 7.80. The van der Waals surface area contributed by atoms with Crippen molar-refractivity contribution < 1.29 is 13.2 Å². The summed E-state index contributed by atoms with van der Waals surface area (Å²) in [5.74, 6) is -0.187. The number of hydrogen-bond donors (Lipinski definition) is 2. The lowest BCUT2D eigenvalue weighted by molar-refractivity contribution is -0.117. The maximum absolute atomic E-state index is 12.1. The lowest BCUT2D eigenvalue weighted by Crippen LogP contribution is -2.29. The van der Waals surface area contributed by atoms with E-state index in [4.69, 9.17) is 5.14 Å². The third-order valence-corrected chi connectivity index (χ3v) is 4.98. The minimum Gasteiger partial charge on any atom is -0.325 e. The molecule has 0 aromatic heterocycles. The summed E-state index contributed by atoms with van der Waals surface area (Å²) in [7, 11) is -1.88. The van der Waals surface area contributed by atoms with Crippen LogP contribution >= 0.6 is 15.9 Å². The number of hydrogen-bond acceptors (Lipinski definition) is 4. The number of likely N-dealkylation sites (N-methyl/N-ethyl adjacent to an activating group) is 1. The second-order valence-electron chi connectivity index (χ2n) is 5.38. The number of amides is 1. The third-order valence-electron chi connectivity index (χ3n) is 3.28. The van der Waals surface area contributed by atoms with Gasteiger partial charge in [-0.05, 0) is 42.9 Å². The number of carbonyl (C=O) groups excluding carboxylic acids is 1. The number of benzene rings is 2. The van der Waals surface area contributed by atoms with E-state index in [0.717, 1.165) is 10.0 Å². The summed E-state index contributed by atoms with van der Waals surface area (Å²) in [6.45, 7) is 0.831. The van der Waals surface area contributed by atoms with Crippen LogP contribution in [0.25, 0.3) is 0 Å². The molecule has 8 heteroatoms. The van der Waals surface area contributed by atoms with Crippen molar-refractivity contribution in [3.05, 3.63) is 58.6 Å². The van der Waals surface area contributed by atoms with E-state index in [-0.39, 0.29) is 17.3 Å². The highest BCUT2D eigenvalue weighted by Crippen LogP contribution is 2.17. The van der Waals surface area contributed by atoms with E-state index in [2.05, 4.69) is 21.2 Å². The number of halogens is 1. The summed E-state index contributed by atoms with van der Waals surface area (Å²) >= 11 is 3.48. The molecule has 128 valence electrons. The lowest BCUT2D eigenvalue weighted by Gasteiger charge is -2.17. The fourth-order valence-corrected chi connectivity index (χ4v) is 3.07. The highest BCUT2D eigenvalue weighted by atomic mass is 79.9. The summed E-state index contributed by atoms with van der Waals surface area (Å²) in [6, 6.07) is 13.6. The van der Waals surface area contributed by atoms with E-state index in [1.165, 1.54) is 24.3 Å². The molecule has 0 aliphatic heterocycles. The predicted molar refractivity (Wildman–Crippen MR) is 96.9 cm³/mol. The van der Waals surface area contributed by atoms with Crippen molar-refractivity contribution in [2.24, 2.45) is 5.14 Å². The van der Waals surface area contributed by atoms with Gasteiger partial charge in [0.1, 0.15) is 0 Å². The van der Waals surface area contributed by atoms with Gasteiger partial charge in [-0.1, -0.05) is 34.1 Å². The Morgan fingerprint density at radius 3 is 2.38 bits per heavy atom. The highest BCUT2D eigenvalue weighted by molar-refractivity contribution is 9.10. The van der Waals surface area contributed by atoms with Crippen LogP contribution in [0.4, 0.5) is 5.69 Å². The van der Waals surface area contributed by atoms with Gasteiger partial charge >= 0.3 is 0 Å². The van der Waals surface area contributed by atoms with Crippen molar-refractivity contribution in [2.75, 3.05) is 18.9 Å². The van der Waals surface area contributed by atoms with Gasteiger partial charge in [0, 0.05) is 16.7 Å². The largest absolute Gasteiger partial charge is 0.325 e. The molecule has 0 saturated carbocycles. The summed E-state index contributed by atoms with van der Waals surface area (Å²) in [6.07, 6.45) is 0. The van der Waals surface area contributed by atoms with Gasteiger partial charge < -0.3 is 5.32 Å². The molecule has 6 nitrogen and oxygen atoms in total. The quantitative estimate of drug-likeness (QED) is 0.761. The molecule has 0 heterocycles. The van der Waals surface area contributed by atoms with Crippen LogP contribution in [-0.4, -0.2) is 32.8 Å². The molecule has 0 unspecified atom stereocenters. The van der Waals surface area contributed by atoms with Gasteiger partial charge in [0.2, 0.25) is 15.9 Å². The molecule has 0 bridgehead atoms. The summed E-state index contributed by atoms with van der Waals surface area (Å²) < 4.78 is 23.4. The molecule has 2 aromatic rings. The Balaban J connectivity index is 1.92. The van der Waals surface area contributed by atoms with Crippen molar-refractivity contribution in [1.82, 2.24) is 4.90 Å². The SMILES string of the molecule is CN(CC(=O)Nc1ccc(S(N)(=O)=O)cc1)Cc1ccccc1Br. The highest BCUT2D eigenvalue weighted by Gasteiger charge is 2.10. The van der Waals surface area contributed by atoms with Crippen molar-refractivity contribution in [3.8, 4) is 0 Å². The summed E-state index contributed by atoms with van der Waals surface area (Å²) in [5, 5.41) is 7.76. The van der Waals surface area contributed by atoms with Crippen LogP contribution in [0.2, 0.25) is 0 Å². The molecule has 0 atom stereocenters. The monoisotopic (exact) mass is 411 g/mol. The van der Waals surface area contributed by atoms with Crippen molar-refractivity contribution in [1.29, 1.82) is 0 Å². The standard InChI is InChI=1S/C16H18BrN3O3S/c1-20(10-12-4-2-3-5-15(12)17)11-16(21)19-13-6-8-14(9-7-13)24(18,22)23/h2-9H,10-11H2,1H3,(H,19,21)(H2,18,22,23). The van der Waals surface area contributed by atoms with Gasteiger partial charge in [-0.15, -0.1) is 0 Å². The van der Waals surface area contributed by atoms with Crippen LogP contribution in [0.15, 0.2) is 57.9 Å². The summed E-state index contributed by atoms with van der Waals surface area (Å²) in [5.41, 5.74) is 1.60. The van der Waals surface area contributed by atoms with Crippen LogP contribution in [0.3, 0.4) is 0 Å². The molecule has 24 heavy (non-hydrogen) atoms. The minimum atomic E-state index is -3.73. The zero-order chi connectivity index (χ0) is 17.7. The zero-order valence-corrected chi connectivity index (χ0v) is 15.5. The first-order valence-electron chi connectivity index (χ1n) is 7.10. The first kappa shape index (κ1) is 18.6. The Morgan fingerprint density at radius 2 is 1.79 bits per heavy atom. The average molecular weight is 412 g/mol. The van der Waals surface area contributed by atoms with Crippen LogP contribution in [-0.2, 0) is 21.4 Å². The molecule has 2 aromatic carbocycles. The van der Waals surface area contributed by atoms with Gasteiger partial charge in [0.05, 0.1) is 11.4 Å². The van der Waals surface area contributed by atoms with E-state index in [1.54, 1.807) is 0 Å². The number of nitrogens with two attached hydrogens (primary N) is 1. The van der Waals surface area contributed by atoms with E-state index in [9.17, 15) is 13.2 Å². The molecular formula is C16H18BrN3O3S. The number of nitrogens with zero attached hydrogens (tertiary/aromatic N) is 1. The number of carbonyl (C=O) groups is 1. The van der Waals surface area contributed by atoms with Crippen molar-refractivity contribution in [3.63, 3.8) is 0 Å². The Kier molecular flexibility index (Phi) is 6.11. The Bertz CT molecular complexity index is 823. The number of rotatable bonds is 6. The number of sulfonamides is 1.